The lowest BCUT2D eigenvalue weighted by atomic mass is 10.1. The molecule has 2 rings (SSSR count). The monoisotopic (exact) mass is 364 g/mol. The predicted molar refractivity (Wildman–Crippen MR) is 92.4 cm³/mol. The van der Waals surface area contributed by atoms with Crippen LogP contribution < -0.4 is 10.6 Å². The number of hydrogen-bond acceptors (Lipinski definition) is 3. The van der Waals surface area contributed by atoms with Gasteiger partial charge in [-0.05, 0) is 32.4 Å². The quantitative estimate of drug-likeness (QED) is 0.741. The Morgan fingerprint density at radius 2 is 2.04 bits per heavy atom. The highest BCUT2D eigenvalue weighted by Crippen LogP contribution is 2.16. The summed E-state index contributed by atoms with van der Waals surface area (Å²) in [6.45, 7) is 4.01. The van der Waals surface area contributed by atoms with Gasteiger partial charge in [-0.25, -0.2) is 8.78 Å². The molecule has 1 heterocycles. The van der Waals surface area contributed by atoms with E-state index in [2.05, 4.69) is 15.7 Å². The highest BCUT2D eigenvalue weighted by atomic mass is 19.1. The van der Waals surface area contributed by atoms with E-state index in [0.29, 0.717) is 12.5 Å². The summed E-state index contributed by atoms with van der Waals surface area (Å²) in [5, 5.41) is 9.54. The Kier molecular flexibility index (Phi) is 6.43. The van der Waals surface area contributed by atoms with E-state index in [1.807, 2.05) is 20.9 Å². The average Bonchev–Trinajstić information content (AvgIpc) is 2.90. The number of nitrogens with zero attached hydrogens (tertiary/aromatic N) is 2. The first-order chi connectivity index (χ1) is 12.3. The van der Waals surface area contributed by atoms with Crippen molar-refractivity contribution in [2.24, 2.45) is 7.05 Å². The van der Waals surface area contributed by atoms with E-state index in [4.69, 9.17) is 0 Å². The third-order valence-electron chi connectivity index (χ3n) is 4.16. The number of halogens is 2. The van der Waals surface area contributed by atoms with Gasteiger partial charge in [-0.1, -0.05) is 0 Å². The number of aromatic nitrogens is 2. The van der Waals surface area contributed by atoms with E-state index in [1.165, 1.54) is 0 Å². The minimum Gasteiger partial charge on any atom is -0.352 e. The van der Waals surface area contributed by atoms with Gasteiger partial charge in [0.05, 0.1) is 17.8 Å². The first kappa shape index (κ1) is 19.6. The van der Waals surface area contributed by atoms with Crippen molar-refractivity contribution in [3.05, 3.63) is 52.9 Å². The molecule has 2 aromatic rings. The summed E-state index contributed by atoms with van der Waals surface area (Å²) in [5.74, 6) is -2.44. The molecule has 1 aromatic heterocycles. The summed E-state index contributed by atoms with van der Waals surface area (Å²) in [6.07, 6.45) is 2.34. The van der Waals surface area contributed by atoms with Gasteiger partial charge in [-0.3, -0.25) is 14.3 Å². The second-order valence-corrected chi connectivity index (χ2v) is 6.08. The first-order valence-corrected chi connectivity index (χ1v) is 8.30. The molecule has 1 unspecified atom stereocenters. The second-order valence-electron chi connectivity index (χ2n) is 6.08. The van der Waals surface area contributed by atoms with E-state index < -0.39 is 17.5 Å². The number of nitrogens with one attached hydrogen (secondary N) is 2. The van der Waals surface area contributed by atoms with E-state index in [1.54, 1.807) is 10.9 Å². The van der Waals surface area contributed by atoms with E-state index in [0.717, 1.165) is 23.4 Å². The molecule has 0 aliphatic carbocycles. The van der Waals surface area contributed by atoms with E-state index >= 15 is 0 Å². The van der Waals surface area contributed by atoms with Gasteiger partial charge in [0, 0.05) is 37.3 Å². The van der Waals surface area contributed by atoms with E-state index in [-0.39, 0.29) is 30.5 Å². The Bertz CT molecular complexity index is 804. The zero-order valence-corrected chi connectivity index (χ0v) is 15.0. The summed E-state index contributed by atoms with van der Waals surface area (Å²) < 4.78 is 28.1. The summed E-state index contributed by atoms with van der Waals surface area (Å²) >= 11 is 0. The fourth-order valence-electron chi connectivity index (χ4n) is 2.55. The fraction of sp³-hybridized carbons (Fsp3) is 0.389. The molecule has 0 saturated heterocycles. The molecular formula is C18H22F2N4O2. The average molecular weight is 364 g/mol. The van der Waals surface area contributed by atoms with Crippen LogP contribution in [0.15, 0.2) is 24.4 Å². The van der Waals surface area contributed by atoms with Crippen molar-refractivity contribution >= 4 is 11.8 Å². The van der Waals surface area contributed by atoms with Crippen LogP contribution in [0.25, 0.3) is 0 Å². The summed E-state index contributed by atoms with van der Waals surface area (Å²) in [6, 6.07) is 2.60. The molecule has 0 bridgehead atoms. The molecule has 0 fully saturated rings. The predicted octanol–water partition coefficient (Wildman–Crippen LogP) is 2.39. The molecule has 0 aliphatic rings. The number of amides is 2. The summed E-state index contributed by atoms with van der Waals surface area (Å²) in [7, 11) is 1.83. The Morgan fingerprint density at radius 1 is 1.31 bits per heavy atom. The second kappa shape index (κ2) is 8.55. The van der Waals surface area contributed by atoms with Crippen molar-refractivity contribution < 1.29 is 18.4 Å². The van der Waals surface area contributed by atoms with Crippen LogP contribution in [0.5, 0.6) is 0 Å². The van der Waals surface area contributed by atoms with Gasteiger partial charge in [0.2, 0.25) is 5.91 Å². The minimum atomic E-state index is -0.916. The molecule has 2 amide bonds. The minimum absolute atomic E-state index is 0.150. The molecule has 0 aliphatic heterocycles. The largest absolute Gasteiger partial charge is 0.352 e. The van der Waals surface area contributed by atoms with Crippen molar-refractivity contribution in [3.63, 3.8) is 0 Å². The normalized spacial score (nSPS) is 11.9. The van der Waals surface area contributed by atoms with Crippen molar-refractivity contribution in [1.82, 2.24) is 20.4 Å². The number of benzene rings is 1. The SMILES string of the molecule is Cc1c(C(C)NC(=O)CCCNC(=O)c2ccc(F)cc2F)cnn1C. The molecule has 0 spiro atoms. The first-order valence-electron chi connectivity index (χ1n) is 8.30. The zero-order chi connectivity index (χ0) is 19.3. The Hall–Kier alpha value is -2.77. The van der Waals surface area contributed by atoms with Gasteiger partial charge < -0.3 is 10.6 Å². The van der Waals surface area contributed by atoms with Crippen molar-refractivity contribution in [1.29, 1.82) is 0 Å². The van der Waals surface area contributed by atoms with Crippen LogP contribution in [0.2, 0.25) is 0 Å². The van der Waals surface area contributed by atoms with Crippen LogP contribution in [-0.4, -0.2) is 28.1 Å². The lowest BCUT2D eigenvalue weighted by Crippen LogP contribution is -2.29. The molecule has 0 saturated carbocycles. The molecule has 1 aromatic carbocycles. The van der Waals surface area contributed by atoms with Crippen molar-refractivity contribution in [2.45, 2.75) is 32.7 Å². The van der Waals surface area contributed by atoms with Crippen LogP contribution in [0.3, 0.4) is 0 Å². The summed E-state index contributed by atoms with van der Waals surface area (Å²) in [5.41, 5.74) is 1.70. The van der Waals surface area contributed by atoms with Crippen LogP contribution >= 0.6 is 0 Å². The number of carbonyl (C=O) groups is 2. The van der Waals surface area contributed by atoms with E-state index in [9.17, 15) is 18.4 Å². The van der Waals surface area contributed by atoms with Gasteiger partial charge in [0.15, 0.2) is 0 Å². The van der Waals surface area contributed by atoms with Gasteiger partial charge >= 0.3 is 0 Å². The number of aryl methyl sites for hydroxylation is 1. The third kappa shape index (κ3) is 4.87. The molecule has 2 N–H and O–H groups in total. The molecule has 140 valence electrons. The summed E-state index contributed by atoms with van der Waals surface area (Å²) in [4.78, 5) is 23.8. The highest BCUT2D eigenvalue weighted by molar-refractivity contribution is 5.94. The Balaban J connectivity index is 1.74. The molecule has 0 radical (unpaired) electrons. The highest BCUT2D eigenvalue weighted by Gasteiger charge is 2.15. The zero-order valence-electron chi connectivity index (χ0n) is 15.0. The van der Waals surface area contributed by atoms with Gasteiger partial charge in [-0.15, -0.1) is 0 Å². The van der Waals surface area contributed by atoms with Crippen LogP contribution in [0.4, 0.5) is 8.78 Å². The lowest BCUT2D eigenvalue weighted by molar-refractivity contribution is -0.121. The van der Waals surface area contributed by atoms with Crippen LogP contribution in [-0.2, 0) is 11.8 Å². The number of carbonyl (C=O) groups excluding carboxylic acids is 2. The van der Waals surface area contributed by atoms with Crippen LogP contribution in [0, 0.1) is 18.6 Å². The molecule has 8 heteroatoms. The standard InChI is InChI=1S/C18H22F2N4O2/c1-11(15-10-22-24(3)12(15)2)23-17(25)5-4-8-21-18(26)14-7-6-13(19)9-16(14)20/h6-7,9-11H,4-5,8H2,1-3H3,(H,21,26)(H,23,25). The van der Waals surface area contributed by atoms with Crippen molar-refractivity contribution in [2.75, 3.05) is 6.54 Å². The maximum absolute atomic E-state index is 13.5. The Labute approximate surface area is 150 Å². The Morgan fingerprint density at radius 3 is 2.65 bits per heavy atom. The van der Waals surface area contributed by atoms with Crippen LogP contribution in [0.1, 0.15) is 47.4 Å². The van der Waals surface area contributed by atoms with Gasteiger partial charge in [-0.2, -0.15) is 5.10 Å². The molecule has 26 heavy (non-hydrogen) atoms. The fourth-order valence-corrected chi connectivity index (χ4v) is 2.55. The van der Waals surface area contributed by atoms with Crippen molar-refractivity contribution in [3.8, 4) is 0 Å². The lowest BCUT2D eigenvalue weighted by Gasteiger charge is -2.14. The maximum Gasteiger partial charge on any atom is 0.254 e. The third-order valence-corrected chi connectivity index (χ3v) is 4.16. The smallest absolute Gasteiger partial charge is 0.254 e. The topological polar surface area (TPSA) is 76.0 Å². The number of hydrogen-bond donors (Lipinski definition) is 2. The number of rotatable bonds is 7. The van der Waals surface area contributed by atoms with Gasteiger partial charge in [0.25, 0.3) is 5.91 Å². The molecular weight excluding hydrogens is 342 g/mol. The molecule has 1 atom stereocenters. The molecule has 6 nitrogen and oxygen atoms in total. The maximum atomic E-state index is 13.5. The van der Waals surface area contributed by atoms with Gasteiger partial charge in [0.1, 0.15) is 11.6 Å².